The predicted molar refractivity (Wildman–Crippen MR) is 113 cm³/mol. The summed E-state index contributed by atoms with van der Waals surface area (Å²) in [7, 11) is 0. The van der Waals surface area contributed by atoms with E-state index in [0.29, 0.717) is 43.5 Å². The fraction of sp³-hybridized carbons (Fsp3) is 0.364. The van der Waals surface area contributed by atoms with Gasteiger partial charge in [0.1, 0.15) is 17.0 Å². The van der Waals surface area contributed by atoms with Gasteiger partial charge >= 0.3 is 0 Å². The van der Waals surface area contributed by atoms with Gasteiger partial charge in [-0.2, -0.15) is 0 Å². The van der Waals surface area contributed by atoms with Crippen molar-refractivity contribution in [3.63, 3.8) is 0 Å². The van der Waals surface area contributed by atoms with Crippen LogP contribution < -0.4 is 5.43 Å². The SMILES string of the molecule is C=C(O[C@H](C)CC)C1=C(NN2CCOCC2)O/C(=C\c2c[nH]c3ncccc23)C1=O. The van der Waals surface area contributed by atoms with Gasteiger partial charge in [0.2, 0.25) is 11.7 Å². The van der Waals surface area contributed by atoms with Crippen LogP contribution >= 0.6 is 0 Å². The number of rotatable bonds is 7. The van der Waals surface area contributed by atoms with E-state index in [-0.39, 0.29) is 17.6 Å². The lowest BCUT2D eigenvalue weighted by atomic mass is 10.1. The molecule has 0 bridgehead atoms. The molecule has 1 fully saturated rings. The fourth-order valence-electron chi connectivity index (χ4n) is 3.30. The summed E-state index contributed by atoms with van der Waals surface area (Å²) in [4.78, 5) is 20.6. The maximum atomic E-state index is 13.2. The Labute approximate surface area is 175 Å². The van der Waals surface area contributed by atoms with Crippen LogP contribution in [0.3, 0.4) is 0 Å². The highest BCUT2D eigenvalue weighted by molar-refractivity contribution is 6.14. The summed E-state index contributed by atoms with van der Waals surface area (Å²) in [5.41, 5.74) is 5.09. The number of Topliss-reactive ketones (excluding diaryl/α,β-unsaturated/α-hetero) is 1. The second kappa shape index (κ2) is 8.73. The number of allylic oxidation sites excluding steroid dienone is 2. The number of ketones is 1. The second-order valence-corrected chi connectivity index (χ2v) is 7.26. The van der Waals surface area contributed by atoms with Crippen LogP contribution in [0.2, 0.25) is 0 Å². The Bertz CT molecular complexity index is 1020. The number of fused-ring (bicyclic) bond motifs is 1. The zero-order chi connectivity index (χ0) is 21.1. The number of nitrogens with one attached hydrogen (secondary N) is 2. The maximum Gasteiger partial charge on any atom is 0.237 e. The molecule has 1 atom stereocenters. The monoisotopic (exact) mass is 410 g/mol. The van der Waals surface area contributed by atoms with Crippen molar-refractivity contribution in [1.29, 1.82) is 0 Å². The van der Waals surface area contributed by atoms with E-state index in [0.717, 1.165) is 23.0 Å². The number of hydrazine groups is 1. The van der Waals surface area contributed by atoms with Gasteiger partial charge in [-0.3, -0.25) is 10.2 Å². The normalized spacial score (nSPS) is 19.9. The predicted octanol–water partition coefficient (Wildman–Crippen LogP) is 2.88. The maximum absolute atomic E-state index is 13.2. The van der Waals surface area contributed by atoms with E-state index in [2.05, 4.69) is 22.0 Å². The summed E-state index contributed by atoms with van der Waals surface area (Å²) < 4.78 is 17.2. The van der Waals surface area contributed by atoms with Crippen LogP contribution in [0.5, 0.6) is 0 Å². The van der Waals surface area contributed by atoms with Crippen LogP contribution in [0.4, 0.5) is 0 Å². The molecule has 0 saturated carbocycles. The third-order valence-corrected chi connectivity index (χ3v) is 5.13. The average molecular weight is 410 g/mol. The molecule has 8 nitrogen and oxygen atoms in total. The number of carbonyl (C=O) groups is 1. The number of hydrogen-bond donors (Lipinski definition) is 2. The first-order valence-electron chi connectivity index (χ1n) is 10.1. The molecule has 4 rings (SSSR count). The standard InChI is InChI=1S/C22H26N4O4/c1-4-14(2)29-15(3)19-20(27)18(30-22(19)25-26-8-10-28-11-9-26)12-16-13-24-21-17(16)6-5-7-23-21/h5-7,12-14,25H,3-4,8-11H2,1-2H3,(H,23,24)/b18-12-/t14-/m1/s1. The molecule has 2 N–H and O–H groups in total. The van der Waals surface area contributed by atoms with Crippen molar-refractivity contribution < 1.29 is 19.0 Å². The number of carbonyl (C=O) groups excluding carboxylic acids is 1. The third-order valence-electron chi connectivity index (χ3n) is 5.13. The molecule has 2 aliphatic heterocycles. The summed E-state index contributed by atoms with van der Waals surface area (Å²) >= 11 is 0. The lowest BCUT2D eigenvalue weighted by molar-refractivity contribution is -0.113. The van der Waals surface area contributed by atoms with Crippen LogP contribution in [0, 0.1) is 0 Å². The van der Waals surface area contributed by atoms with Gasteiger partial charge in [0.15, 0.2) is 5.76 Å². The van der Waals surface area contributed by atoms with Crippen LogP contribution in [-0.4, -0.2) is 53.2 Å². The van der Waals surface area contributed by atoms with Crippen molar-refractivity contribution in [3.05, 3.63) is 59.6 Å². The molecular weight excluding hydrogens is 384 g/mol. The van der Waals surface area contributed by atoms with Crippen molar-refractivity contribution in [3.8, 4) is 0 Å². The van der Waals surface area contributed by atoms with Crippen LogP contribution in [-0.2, 0) is 19.0 Å². The van der Waals surface area contributed by atoms with Crippen molar-refractivity contribution in [2.45, 2.75) is 26.4 Å². The Morgan fingerprint density at radius 1 is 1.47 bits per heavy atom. The van der Waals surface area contributed by atoms with E-state index in [4.69, 9.17) is 14.2 Å². The van der Waals surface area contributed by atoms with Crippen LogP contribution in [0.25, 0.3) is 17.1 Å². The second-order valence-electron chi connectivity index (χ2n) is 7.26. The summed E-state index contributed by atoms with van der Waals surface area (Å²) in [6.07, 6.45) is 5.98. The Kier molecular flexibility index (Phi) is 5.87. The molecule has 0 aromatic carbocycles. The van der Waals surface area contributed by atoms with Crippen molar-refractivity contribution >= 4 is 22.9 Å². The first-order valence-corrected chi connectivity index (χ1v) is 10.1. The number of hydrogen-bond acceptors (Lipinski definition) is 7. The molecule has 30 heavy (non-hydrogen) atoms. The van der Waals surface area contributed by atoms with Gasteiger partial charge < -0.3 is 19.2 Å². The van der Waals surface area contributed by atoms with E-state index in [1.165, 1.54) is 0 Å². The number of ether oxygens (including phenoxy) is 3. The number of aromatic amines is 1. The van der Waals surface area contributed by atoms with Gasteiger partial charge in [-0.1, -0.05) is 13.5 Å². The zero-order valence-corrected chi connectivity index (χ0v) is 17.2. The average Bonchev–Trinajstić information content (AvgIpc) is 3.30. The van der Waals surface area contributed by atoms with Gasteiger partial charge in [0.25, 0.3) is 0 Å². The molecule has 1 saturated heterocycles. The molecule has 8 heteroatoms. The summed E-state index contributed by atoms with van der Waals surface area (Å²) in [5, 5.41) is 2.87. The fourth-order valence-corrected chi connectivity index (χ4v) is 3.30. The Morgan fingerprint density at radius 3 is 3.03 bits per heavy atom. The minimum absolute atomic E-state index is 0.0600. The first-order chi connectivity index (χ1) is 14.6. The molecule has 158 valence electrons. The number of morpholine rings is 1. The molecule has 4 heterocycles. The molecule has 2 aromatic rings. The third kappa shape index (κ3) is 4.10. The van der Waals surface area contributed by atoms with E-state index >= 15 is 0 Å². The van der Waals surface area contributed by atoms with Gasteiger partial charge in [0, 0.05) is 36.4 Å². The number of aromatic nitrogens is 2. The van der Waals surface area contributed by atoms with E-state index < -0.39 is 0 Å². The van der Waals surface area contributed by atoms with E-state index in [1.54, 1.807) is 18.5 Å². The smallest absolute Gasteiger partial charge is 0.237 e. The van der Waals surface area contributed by atoms with Gasteiger partial charge in [-0.15, -0.1) is 0 Å². The highest BCUT2D eigenvalue weighted by Crippen LogP contribution is 2.32. The van der Waals surface area contributed by atoms with Gasteiger partial charge in [-0.05, 0) is 31.6 Å². The Morgan fingerprint density at radius 2 is 2.27 bits per heavy atom. The highest BCUT2D eigenvalue weighted by atomic mass is 16.5. The zero-order valence-electron chi connectivity index (χ0n) is 17.2. The highest BCUT2D eigenvalue weighted by Gasteiger charge is 2.35. The Hall–Kier alpha value is -3.10. The van der Waals surface area contributed by atoms with Gasteiger partial charge in [-0.25, -0.2) is 9.99 Å². The topological polar surface area (TPSA) is 88.7 Å². The molecule has 0 aliphatic carbocycles. The first kappa shape index (κ1) is 20.2. The molecule has 2 aromatic heterocycles. The van der Waals surface area contributed by atoms with Crippen LogP contribution in [0.15, 0.2) is 54.1 Å². The van der Waals surface area contributed by atoms with Crippen LogP contribution in [0.1, 0.15) is 25.8 Å². The van der Waals surface area contributed by atoms with E-state index in [9.17, 15) is 4.79 Å². The van der Waals surface area contributed by atoms with Crippen molar-refractivity contribution in [2.24, 2.45) is 0 Å². The van der Waals surface area contributed by atoms with Crippen molar-refractivity contribution in [1.82, 2.24) is 20.4 Å². The lowest BCUT2D eigenvalue weighted by Gasteiger charge is -2.28. The minimum atomic E-state index is -0.266. The Balaban J connectivity index is 1.64. The molecule has 2 aliphatic rings. The van der Waals surface area contributed by atoms with E-state index in [1.807, 2.05) is 31.0 Å². The van der Waals surface area contributed by atoms with Crippen molar-refractivity contribution in [2.75, 3.05) is 26.3 Å². The molecule has 0 unspecified atom stereocenters. The summed E-state index contributed by atoms with van der Waals surface area (Å²) in [6.45, 7) is 10.5. The lowest BCUT2D eigenvalue weighted by Crippen LogP contribution is -2.45. The molecule has 0 spiro atoms. The molecular formula is C22H26N4O4. The molecule has 0 amide bonds. The largest absolute Gasteiger partial charge is 0.490 e. The summed E-state index contributed by atoms with van der Waals surface area (Å²) in [6, 6.07) is 3.79. The number of nitrogens with zero attached hydrogens (tertiary/aromatic N) is 2. The minimum Gasteiger partial charge on any atom is -0.490 e. The summed E-state index contributed by atoms with van der Waals surface area (Å²) in [5.74, 6) is 0.574. The quantitative estimate of drug-likeness (QED) is 0.536. The number of H-pyrrole nitrogens is 1. The number of pyridine rings is 1. The van der Waals surface area contributed by atoms with Gasteiger partial charge in [0.05, 0.1) is 19.3 Å². The molecule has 0 radical (unpaired) electrons.